The van der Waals surface area contributed by atoms with E-state index in [0.717, 1.165) is 5.56 Å². The number of nitrogens with one attached hydrogen (secondary N) is 1. The fourth-order valence-corrected chi connectivity index (χ4v) is 3.18. The highest BCUT2D eigenvalue weighted by Gasteiger charge is 2.17. The van der Waals surface area contributed by atoms with Crippen molar-refractivity contribution < 1.29 is 14.7 Å². The highest BCUT2D eigenvalue weighted by atomic mass is 35.5. The number of rotatable bonds is 6. The van der Waals surface area contributed by atoms with E-state index >= 15 is 0 Å². The van der Waals surface area contributed by atoms with E-state index in [9.17, 15) is 9.59 Å². The van der Waals surface area contributed by atoms with Crippen molar-refractivity contribution in [2.24, 2.45) is 0 Å². The van der Waals surface area contributed by atoms with Crippen LogP contribution in [0.3, 0.4) is 0 Å². The van der Waals surface area contributed by atoms with Gasteiger partial charge in [0.1, 0.15) is 9.88 Å². The first-order chi connectivity index (χ1) is 10.5. The number of carboxylic acids is 1. The van der Waals surface area contributed by atoms with Crippen molar-refractivity contribution in [3.8, 4) is 10.6 Å². The van der Waals surface area contributed by atoms with Crippen LogP contribution in [0.1, 0.15) is 28.2 Å². The van der Waals surface area contributed by atoms with E-state index in [1.807, 2.05) is 18.2 Å². The SMILES string of the molecule is Cc1nc(-c2ccccc2Cl)sc1C(=O)NCCCC(=O)O. The minimum Gasteiger partial charge on any atom is -0.481 e. The molecule has 0 saturated carbocycles. The Labute approximate surface area is 137 Å². The molecule has 2 aromatic rings. The molecule has 2 N–H and O–H groups in total. The average Bonchev–Trinajstić information content (AvgIpc) is 2.85. The maximum atomic E-state index is 12.1. The lowest BCUT2D eigenvalue weighted by atomic mass is 10.2. The van der Waals surface area contributed by atoms with Gasteiger partial charge < -0.3 is 10.4 Å². The van der Waals surface area contributed by atoms with Gasteiger partial charge in [0.15, 0.2) is 0 Å². The molecule has 1 amide bonds. The van der Waals surface area contributed by atoms with Gasteiger partial charge >= 0.3 is 5.97 Å². The van der Waals surface area contributed by atoms with Crippen molar-refractivity contribution >= 4 is 34.8 Å². The first kappa shape index (κ1) is 16.5. The molecule has 0 saturated heterocycles. The second-order valence-corrected chi connectivity index (χ2v) is 6.07. The molecule has 22 heavy (non-hydrogen) atoms. The molecule has 7 heteroatoms. The summed E-state index contributed by atoms with van der Waals surface area (Å²) in [7, 11) is 0. The first-order valence-electron chi connectivity index (χ1n) is 6.71. The number of benzene rings is 1. The van der Waals surface area contributed by atoms with Gasteiger partial charge in [0.2, 0.25) is 0 Å². The van der Waals surface area contributed by atoms with E-state index in [1.165, 1.54) is 11.3 Å². The molecule has 0 aliphatic heterocycles. The van der Waals surface area contributed by atoms with Crippen LogP contribution in [0, 0.1) is 6.92 Å². The molecule has 0 bridgehead atoms. The Morgan fingerprint density at radius 3 is 2.77 bits per heavy atom. The van der Waals surface area contributed by atoms with Crippen LogP contribution in [-0.4, -0.2) is 28.5 Å². The molecule has 0 atom stereocenters. The summed E-state index contributed by atoms with van der Waals surface area (Å²) in [5.41, 5.74) is 1.43. The third-order valence-electron chi connectivity index (χ3n) is 2.96. The third kappa shape index (κ3) is 4.05. The van der Waals surface area contributed by atoms with Crippen molar-refractivity contribution in [2.45, 2.75) is 19.8 Å². The summed E-state index contributed by atoms with van der Waals surface area (Å²) < 4.78 is 0. The smallest absolute Gasteiger partial charge is 0.303 e. The van der Waals surface area contributed by atoms with E-state index in [4.69, 9.17) is 16.7 Å². The van der Waals surface area contributed by atoms with Gasteiger partial charge in [0, 0.05) is 18.5 Å². The number of thiazole rings is 1. The topological polar surface area (TPSA) is 79.3 Å². The van der Waals surface area contributed by atoms with Crippen LogP contribution in [0.5, 0.6) is 0 Å². The number of hydrogen-bond donors (Lipinski definition) is 2. The lowest BCUT2D eigenvalue weighted by Gasteiger charge is -2.02. The number of carboxylic acid groups (broad SMARTS) is 1. The fraction of sp³-hybridized carbons (Fsp3) is 0.267. The van der Waals surface area contributed by atoms with Gasteiger partial charge in [-0.05, 0) is 19.4 Å². The molecule has 0 fully saturated rings. The van der Waals surface area contributed by atoms with Gasteiger partial charge in [-0.2, -0.15) is 0 Å². The molecule has 5 nitrogen and oxygen atoms in total. The van der Waals surface area contributed by atoms with Gasteiger partial charge in [-0.3, -0.25) is 9.59 Å². The summed E-state index contributed by atoms with van der Waals surface area (Å²) in [5.74, 6) is -1.11. The van der Waals surface area contributed by atoms with Crippen molar-refractivity contribution in [1.29, 1.82) is 0 Å². The molecule has 0 aliphatic rings. The second-order valence-electron chi connectivity index (χ2n) is 4.67. The van der Waals surface area contributed by atoms with Gasteiger partial charge in [-0.1, -0.05) is 29.8 Å². The predicted octanol–water partition coefficient (Wildman–Crippen LogP) is 3.37. The highest BCUT2D eigenvalue weighted by molar-refractivity contribution is 7.17. The summed E-state index contributed by atoms with van der Waals surface area (Å²) in [5, 5.41) is 12.6. The number of amides is 1. The maximum absolute atomic E-state index is 12.1. The van der Waals surface area contributed by atoms with Gasteiger partial charge in [-0.25, -0.2) is 4.98 Å². The zero-order valence-electron chi connectivity index (χ0n) is 11.9. The lowest BCUT2D eigenvalue weighted by Crippen LogP contribution is -2.24. The molecular formula is C15H15ClN2O3S. The summed E-state index contributed by atoms with van der Waals surface area (Å²) in [6.07, 6.45) is 0.434. The number of aromatic nitrogens is 1. The Hall–Kier alpha value is -1.92. The van der Waals surface area contributed by atoms with E-state index in [-0.39, 0.29) is 12.3 Å². The second kappa shape index (κ2) is 7.38. The first-order valence-corrected chi connectivity index (χ1v) is 7.91. The van der Waals surface area contributed by atoms with Crippen LogP contribution in [0.15, 0.2) is 24.3 Å². The Kier molecular flexibility index (Phi) is 5.51. The number of carbonyl (C=O) groups excluding carboxylic acids is 1. The highest BCUT2D eigenvalue weighted by Crippen LogP contribution is 2.32. The average molecular weight is 339 g/mol. The molecule has 0 aliphatic carbocycles. The minimum atomic E-state index is -0.871. The van der Waals surface area contributed by atoms with E-state index in [1.54, 1.807) is 13.0 Å². The number of aliphatic carboxylic acids is 1. The summed E-state index contributed by atoms with van der Waals surface area (Å²) in [6.45, 7) is 2.09. The van der Waals surface area contributed by atoms with E-state index in [0.29, 0.717) is 33.6 Å². The quantitative estimate of drug-likeness (QED) is 0.791. The lowest BCUT2D eigenvalue weighted by molar-refractivity contribution is -0.137. The van der Waals surface area contributed by atoms with Crippen LogP contribution in [0.25, 0.3) is 10.6 Å². The maximum Gasteiger partial charge on any atom is 0.303 e. The van der Waals surface area contributed by atoms with Crippen molar-refractivity contribution in [3.05, 3.63) is 39.9 Å². The summed E-state index contributed by atoms with van der Waals surface area (Å²) >= 11 is 7.42. The normalized spacial score (nSPS) is 10.5. The summed E-state index contributed by atoms with van der Waals surface area (Å²) in [4.78, 5) is 27.5. The van der Waals surface area contributed by atoms with Gasteiger partial charge in [0.05, 0.1) is 10.7 Å². The zero-order valence-corrected chi connectivity index (χ0v) is 13.5. The Morgan fingerprint density at radius 2 is 2.09 bits per heavy atom. The number of halogens is 1. The monoisotopic (exact) mass is 338 g/mol. The van der Waals surface area contributed by atoms with Crippen LogP contribution >= 0.6 is 22.9 Å². The largest absolute Gasteiger partial charge is 0.481 e. The van der Waals surface area contributed by atoms with Crippen LogP contribution < -0.4 is 5.32 Å². The van der Waals surface area contributed by atoms with Crippen molar-refractivity contribution in [1.82, 2.24) is 10.3 Å². The van der Waals surface area contributed by atoms with E-state index < -0.39 is 5.97 Å². The number of carbonyl (C=O) groups is 2. The Balaban J connectivity index is 2.08. The molecule has 1 aromatic carbocycles. The van der Waals surface area contributed by atoms with Crippen LogP contribution in [-0.2, 0) is 4.79 Å². The third-order valence-corrected chi connectivity index (χ3v) is 4.48. The Morgan fingerprint density at radius 1 is 1.36 bits per heavy atom. The van der Waals surface area contributed by atoms with Gasteiger partial charge in [-0.15, -0.1) is 11.3 Å². The Bertz CT molecular complexity index is 700. The molecule has 1 heterocycles. The van der Waals surface area contributed by atoms with Crippen LogP contribution in [0.4, 0.5) is 0 Å². The van der Waals surface area contributed by atoms with Crippen molar-refractivity contribution in [3.63, 3.8) is 0 Å². The molecule has 2 rings (SSSR count). The number of hydrogen-bond acceptors (Lipinski definition) is 4. The van der Waals surface area contributed by atoms with Crippen molar-refractivity contribution in [2.75, 3.05) is 6.54 Å². The van der Waals surface area contributed by atoms with E-state index in [2.05, 4.69) is 10.3 Å². The number of nitrogens with zero attached hydrogens (tertiary/aromatic N) is 1. The van der Waals surface area contributed by atoms with Crippen LogP contribution in [0.2, 0.25) is 5.02 Å². The molecule has 1 aromatic heterocycles. The molecule has 116 valence electrons. The molecule has 0 unspecified atom stereocenters. The summed E-state index contributed by atoms with van der Waals surface area (Å²) in [6, 6.07) is 7.33. The number of aryl methyl sites for hydroxylation is 1. The molecule has 0 radical (unpaired) electrons. The van der Waals surface area contributed by atoms with Gasteiger partial charge in [0.25, 0.3) is 5.91 Å². The minimum absolute atomic E-state index is 0.0345. The zero-order chi connectivity index (χ0) is 16.1. The molecule has 0 spiro atoms. The predicted molar refractivity (Wildman–Crippen MR) is 86.5 cm³/mol. The molecular weight excluding hydrogens is 324 g/mol. The standard InChI is InChI=1S/C15H15ClN2O3S/c1-9-13(14(21)17-8-4-7-12(19)20)22-15(18-9)10-5-2-3-6-11(10)16/h2-3,5-6H,4,7-8H2,1H3,(H,17,21)(H,19,20). The fourth-order valence-electron chi connectivity index (χ4n) is 1.88.